The first kappa shape index (κ1) is 15.9. The number of nitrogens with one attached hydrogen (secondary N) is 1. The van der Waals surface area contributed by atoms with Crippen LogP contribution in [0, 0.1) is 5.92 Å². The highest BCUT2D eigenvalue weighted by molar-refractivity contribution is 5.83. The van der Waals surface area contributed by atoms with E-state index in [2.05, 4.69) is 10.5 Å². The van der Waals surface area contributed by atoms with Crippen LogP contribution in [0.25, 0.3) is 0 Å². The van der Waals surface area contributed by atoms with E-state index in [0.29, 0.717) is 18.0 Å². The van der Waals surface area contributed by atoms with Crippen LogP contribution in [0.1, 0.15) is 6.92 Å². The van der Waals surface area contributed by atoms with Crippen molar-refractivity contribution in [1.29, 1.82) is 0 Å². The summed E-state index contributed by atoms with van der Waals surface area (Å²) in [5.74, 6) is -2.40. The number of anilines is 1. The van der Waals surface area contributed by atoms with E-state index in [9.17, 15) is 13.2 Å². The molecule has 4 N–H and O–H groups in total. The molecule has 0 aliphatic heterocycles. The van der Waals surface area contributed by atoms with Crippen molar-refractivity contribution in [2.75, 3.05) is 18.5 Å². The lowest BCUT2D eigenvalue weighted by Gasteiger charge is -2.20. The fraction of sp³-hybridized carbons (Fsp3) is 0.417. The number of benzene rings is 1. The lowest BCUT2D eigenvalue weighted by molar-refractivity contribution is -0.152. The van der Waals surface area contributed by atoms with Gasteiger partial charge in [0.15, 0.2) is 5.84 Å². The topological polar surface area (TPSA) is 79.9 Å². The van der Waals surface area contributed by atoms with Crippen LogP contribution in [-0.2, 0) is 0 Å². The number of hydrogen-bond donors (Lipinski definition) is 3. The zero-order valence-corrected chi connectivity index (χ0v) is 10.8. The summed E-state index contributed by atoms with van der Waals surface area (Å²) in [6.45, 7) is 1.73. The summed E-state index contributed by atoms with van der Waals surface area (Å²) in [4.78, 5) is 0. The summed E-state index contributed by atoms with van der Waals surface area (Å²) in [6.07, 6.45) is -4.60. The van der Waals surface area contributed by atoms with Crippen LogP contribution in [0.15, 0.2) is 29.4 Å². The highest BCUT2D eigenvalue weighted by atomic mass is 19.4. The second-order valence-electron chi connectivity index (χ2n) is 3.96. The molecule has 8 heteroatoms. The summed E-state index contributed by atoms with van der Waals surface area (Å²) in [7, 11) is 0. The second kappa shape index (κ2) is 6.88. The van der Waals surface area contributed by atoms with Gasteiger partial charge in [-0.25, -0.2) is 0 Å². The zero-order chi connectivity index (χ0) is 15.2. The second-order valence-corrected chi connectivity index (χ2v) is 3.96. The minimum Gasteiger partial charge on any atom is -0.494 e. The molecule has 0 saturated heterocycles. The van der Waals surface area contributed by atoms with Gasteiger partial charge in [0.25, 0.3) is 0 Å². The van der Waals surface area contributed by atoms with Crippen LogP contribution >= 0.6 is 0 Å². The molecule has 112 valence electrons. The Hall–Kier alpha value is -2.12. The van der Waals surface area contributed by atoms with Crippen LogP contribution in [0.3, 0.4) is 0 Å². The third kappa shape index (κ3) is 4.52. The van der Waals surface area contributed by atoms with Gasteiger partial charge in [0.05, 0.1) is 6.61 Å². The fourth-order valence-electron chi connectivity index (χ4n) is 1.54. The molecule has 1 unspecified atom stereocenters. The number of rotatable bonds is 6. The van der Waals surface area contributed by atoms with Crippen LogP contribution in [0.5, 0.6) is 5.75 Å². The van der Waals surface area contributed by atoms with Gasteiger partial charge in [0.2, 0.25) is 0 Å². The highest BCUT2D eigenvalue weighted by Crippen LogP contribution is 2.27. The SMILES string of the molecule is CCOc1cccc(NCC(/C(N)=N/O)C(F)(F)F)c1. The van der Waals surface area contributed by atoms with E-state index in [1.54, 1.807) is 31.2 Å². The van der Waals surface area contributed by atoms with E-state index in [4.69, 9.17) is 15.7 Å². The van der Waals surface area contributed by atoms with Crippen LogP contribution in [0.2, 0.25) is 0 Å². The van der Waals surface area contributed by atoms with Crippen LogP contribution < -0.4 is 15.8 Å². The predicted molar refractivity (Wildman–Crippen MR) is 69.1 cm³/mol. The Balaban J connectivity index is 2.75. The molecule has 0 aliphatic carbocycles. The van der Waals surface area contributed by atoms with Crippen molar-refractivity contribution in [2.45, 2.75) is 13.1 Å². The Morgan fingerprint density at radius 1 is 1.50 bits per heavy atom. The number of hydrogen-bond acceptors (Lipinski definition) is 4. The predicted octanol–water partition coefficient (Wildman–Crippen LogP) is 2.42. The molecule has 0 saturated carbocycles. The number of ether oxygens (including phenoxy) is 1. The molecule has 0 heterocycles. The smallest absolute Gasteiger partial charge is 0.400 e. The van der Waals surface area contributed by atoms with Gasteiger partial charge in [-0.05, 0) is 19.1 Å². The molecule has 0 radical (unpaired) electrons. The molecule has 1 atom stereocenters. The van der Waals surface area contributed by atoms with Gasteiger partial charge in [0, 0.05) is 18.3 Å². The van der Waals surface area contributed by atoms with Crippen molar-refractivity contribution in [3.05, 3.63) is 24.3 Å². The molecule has 0 fully saturated rings. The highest BCUT2D eigenvalue weighted by Gasteiger charge is 2.42. The monoisotopic (exact) mass is 291 g/mol. The zero-order valence-electron chi connectivity index (χ0n) is 10.8. The summed E-state index contributed by atoms with van der Waals surface area (Å²) in [5, 5.41) is 13.4. The quantitative estimate of drug-likeness (QED) is 0.325. The van der Waals surface area contributed by atoms with Gasteiger partial charge >= 0.3 is 6.18 Å². The van der Waals surface area contributed by atoms with Crippen molar-refractivity contribution in [3.63, 3.8) is 0 Å². The molecule has 20 heavy (non-hydrogen) atoms. The Bertz CT molecular complexity index is 464. The summed E-state index contributed by atoms with van der Waals surface area (Å²) in [6, 6.07) is 6.52. The van der Waals surface area contributed by atoms with Gasteiger partial charge in [-0.3, -0.25) is 0 Å². The van der Waals surface area contributed by atoms with E-state index in [1.165, 1.54) is 0 Å². The molecule has 0 aromatic heterocycles. The maximum Gasteiger partial charge on any atom is 0.400 e. The lowest BCUT2D eigenvalue weighted by atomic mass is 10.1. The molecule has 0 amide bonds. The van der Waals surface area contributed by atoms with Crippen LogP contribution in [0.4, 0.5) is 18.9 Å². The standard InChI is InChI=1S/C12H16F3N3O2/c1-2-20-9-5-3-4-8(6-9)17-7-10(11(16)18-19)12(13,14)15/h3-6,10,17,19H,2,7H2,1H3,(H2,16,18). The van der Waals surface area contributed by atoms with Gasteiger partial charge in [-0.1, -0.05) is 11.2 Å². The molecule has 5 nitrogen and oxygen atoms in total. The maximum absolute atomic E-state index is 12.7. The average molecular weight is 291 g/mol. The van der Waals surface area contributed by atoms with Gasteiger partial charge in [0.1, 0.15) is 11.7 Å². The molecule has 0 aliphatic rings. The van der Waals surface area contributed by atoms with Crippen molar-refractivity contribution < 1.29 is 23.1 Å². The summed E-state index contributed by atoms with van der Waals surface area (Å²) in [5.41, 5.74) is 5.51. The third-order valence-corrected chi connectivity index (χ3v) is 2.52. The van der Waals surface area contributed by atoms with Gasteiger partial charge in [-0.15, -0.1) is 0 Å². The van der Waals surface area contributed by atoms with Crippen molar-refractivity contribution in [1.82, 2.24) is 0 Å². The first-order chi connectivity index (χ1) is 9.38. The number of oxime groups is 1. The van der Waals surface area contributed by atoms with Crippen LogP contribution in [-0.4, -0.2) is 30.4 Å². The minimum atomic E-state index is -4.60. The fourth-order valence-corrected chi connectivity index (χ4v) is 1.54. The van der Waals surface area contributed by atoms with Crippen molar-refractivity contribution >= 4 is 11.5 Å². The van der Waals surface area contributed by atoms with Gasteiger partial charge < -0.3 is 21.0 Å². The average Bonchev–Trinajstić information content (AvgIpc) is 2.38. The molecule has 1 aromatic rings. The Labute approximate surface area is 114 Å². The molecule has 0 bridgehead atoms. The molecular weight excluding hydrogens is 275 g/mol. The molecular formula is C12H16F3N3O2. The molecule has 1 rings (SSSR count). The lowest BCUT2D eigenvalue weighted by Crippen LogP contribution is -2.40. The van der Waals surface area contributed by atoms with E-state index < -0.39 is 24.5 Å². The Morgan fingerprint density at radius 2 is 2.20 bits per heavy atom. The third-order valence-electron chi connectivity index (χ3n) is 2.52. The Kier molecular flexibility index (Phi) is 5.48. The van der Waals surface area contributed by atoms with Crippen molar-refractivity contribution in [2.24, 2.45) is 16.8 Å². The first-order valence-corrected chi connectivity index (χ1v) is 5.89. The number of nitrogens with zero attached hydrogens (tertiary/aromatic N) is 1. The number of alkyl halides is 3. The number of amidine groups is 1. The first-order valence-electron chi connectivity index (χ1n) is 5.89. The number of halogens is 3. The number of nitrogens with two attached hydrogens (primary N) is 1. The maximum atomic E-state index is 12.7. The molecule has 1 aromatic carbocycles. The summed E-state index contributed by atoms with van der Waals surface area (Å²) < 4.78 is 43.4. The van der Waals surface area contributed by atoms with E-state index in [-0.39, 0.29) is 0 Å². The Morgan fingerprint density at radius 3 is 2.75 bits per heavy atom. The normalized spacial score (nSPS) is 13.9. The largest absolute Gasteiger partial charge is 0.494 e. The van der Waals surface area contributed by atoms with E-state index in [1.807, 2.05) is 0 Å². The molecule has 0 spiro atoms. The summed E-state index contributed by atoms with van der Waals surface area (Å²) >= 11 is 0. The van der Waals surface area contributed by atoms with Crippen molar-refractivity contribution in [3.8, 4) is 5.75 Å². The van der Waals surface area contributed by atoms with Gasteiger partial charge in [-0.2, -0.15) is 13.2 Å². The van der Waals surface area contributed by atoms with E-state index >= 15 is 0 Å². The minimum absolute atomic E-state index is 0.455. The van der Waals surface area contributed by atoms with E-state index in [0.717, 1.165) is 0 Å².